The topological polar surface area (TPSA) is 67.1 Å². The second kappa shape index (κ2) is 5.53. The molecule has 0 fully saturated rings. The van der Waals surface area contributed by atoms with Gasteiger partial charge >= 0.3 is 6.03 Å². The summed E-state index contributed by atoms with van der Waals surface area (Å²) in [5, 5.41) is 2.91. The van der Waals surface area contributed by atoms with Crippen LogP contribution in [0.3, 0.4) is 0 Å². The number of nitrogens with one attached hydrogen (secondary N) is 2. The van der Waals surface area contributed by atoms with Gasteiger partial charge in [-0.3, -0.25) is 5.43 Å². The van der Waals surface area contributed by atoms with Gasteiger partial charge in [-0.2, -0.15) is 0 Å². The van der Waals surface area contributed by atoms with E-state index in [4.69, 9.17) is 17.4 Å². The Labute approximate surface area is 91.6 Å². The molecule has 4 nitrogen and oxygen atoms in total. The minimum atomic E-state index is -0.502. The van der Waals surface area contributed by atoms with Gasteiger partial charge < -0.3 is 5.32 Å². The lowest BCUT2D eigenvalue weighted by Crippen LogP contribution is -2.40. The van der Waals surface area contributed by atoms with E-state index in [9.17, 15) is 9.18 Å². The number of hydrogen-bond donors (Lipinski definition) is 3. The van der Waals surface area contributed by atoms with Crippen LogP contribution in [0.2, 0.25) is 5.02 Å². The van der Waals surface area contributed by atoms with Gasteiger partial charge in [0.15, 0.2) is 0 Å². The van der Waals surface area contributed by atoms with Crippen molar-refractivity contribution < 1.29 is 9.18 Å². The normalized spacial score (nSPS) is 9.80. The van der Waals surface area contributed by atoms with E-state index in [0.29, 0.717) is 23.6 Å². The largest absolute Gasteiger partial charge is 0.337 e. The van der Waals surface area contributed by atoms with Crippen LogP contribution in [0.15, 0.2) is 18.2 Å². The van der Waals surface area contributed by atoms with Crippen LogP contribution in [0.1, 0.15) is 5.56 Å². The molecule has 4 N–H and O–H groups in total. The first kappa shape index (κ1) is 11.7. The third kappa shape index (κ3) is 3.73. The van der Waals surface area contributed by atoms with Crippen molar-refractivity contribution in [2.45, 2.75) is 6.42 Å². The Kier molecular flexibility index (Phi) is 4.33. The van der Waals surface area contributed by atoms with Gasteiger partial charge in [-0.1, -0.05) is 11.6 Å². The van der Waals surface area contributed by atoms with E-state index in [1.165, 1.54) is 18.2 Å². The lowest BCUT2D eigenvalue weighted by atomic mass is 10.1. The van der Waals surface area contributed by atoms with Gasteiger partial charge in [0, 0.05) is 11.6 Å². The molecule has 82 valence electrons. The van der Waals surface area contributed by atoms with Crippen LogP contribution >= 0.6 is 11.6 Å². The smallest absolute Gasteiger partial charge is 0.328 e. The Bertz CT molecular complexity index is 359. The zero-order chi connectivity index (χ0) is 11.3. The third-order valence-corrected chi connectivity index (χ3v) is 2.05. The van der Waals surface area contributed by atoms with Gasteiger partial charge in [-0.15, -0.1) is 0 Å². The summed E-state index contributed by atoms with van der Waals surface area (Å²) >= 11 is 5.70. The van der Waals surface area contributed by atoms with Crippen LogP contribution in [0.25, 0.3) is 0 Å². The molecule has 2 amide bonds. The molecule has 0 aromatic heterocycles. The summed E-state index contributed by atoms with van der Waals surface area (Å²) in [5.41, 5.74) is 2.37. The summed E-state index contributed by atoms with van der Waals surface area (Å²) in [7, 11) is 0. The summed E-state index contributed by atoms with van der Waals surface area (Å²) < 4.78 is 13.2. The van der Waals surface area contributed by atoms with Crippen LogP contribution in [0.4, 0.5) is 9.18 Å². The lowest BCUT2D eigenvalue weighted by molar-refractivity contribution is 0.241. The highest BCUT2D eigenvalue weighted by molar-refractivity contribution is 6.30. The molecule has 1 rings (SSSR count). The Hall–Kier alpha value is -1.33. The molecule has 1 aromatic rings. The van der Waals surface area contributed by atoms with Gasteiger partial charge in [-0.05, 0) is 30.2 Å². The highest BCUT2D eigenvalue weighted by Gasteiger charge is 2.03. The van der Waals surface area contributed by atoms with Gasteiger partial charge in [0.2, 0.25) is 0 Å². The highest BCUT2D eigenvalue weighted by Crippen LogP contribution is 2.14. The van der Waals surface area contributed by atoms with Crippen LogP contribution in [0.5, 0.6) is 0 Å². The van der Waals surface area contributed by atoms with Crippen molar-refractivity contribution in [3.63, 3.8) is 0 Å². The number of hydrogen-bond acceptors (Lipinski definition) is 2. The number of urea groups is 1. The summed E-state index contributed by atoms with van der Waals surface area (Å²) in [6.45, 7) is 0.292. The van der Waals surface area contributed by atoms with Gasteiger partial charge in [0.05, 0.1) is 0 Å². The number of carbonyl (C=O) groups is 1. The molecule has 0 heterocycles. The molecule has 6 heteroatoms. The molecule has 0 radical (unpaired) electrons. The summed E-state index contributed by atoms with van der Waals surface area (Å²) in [6, 6.07) is 3.79. The first-order chi connectivity index (χ1) is 7.13. The maximum absolute atomic E-state index is 13.2. The molecular formula is C9H11ClFN3O. The van der Waals surface area contributed by atoms with E-state index < -0.39 is 6.03 Å². The second-order valence-corrected chi connectivity index (χ2v) is 3.32. The minimum absolute atomic E-state index is 0.292. The van der Waals surface area contributed by atoms with Crippen molar-refractivity contribution in [2.75, 3.05) is 6.54 Å². The molecule has 0 bridgehead atoms. The number of rotatable bonds is 3. The number of carbonyl (C=O) groups excluding carboxylic acids is 1. The molecule has 0 aliphatic rings. The van der Waals surface area contributed by atoms with Crippen molar-refractivity contribution in [1.82, 2.24) is 10.7 Å². The second-order valence-electron chi connectivity index (χ2n) is 2.89. The van der Waals surface area contributed by atoms with E-state index in [0.717, 1.165) is 0 Å². The number of amides is 2. The predicted molar refractivity (Wildman–Crippen MR) is 55.8 cm³/mol. The Morgan fingerprint density at radius 3 is 2.93 bits per heavy atom. The zero-order valence-electron chi connectivity index (χ0n) is 7.89. The molecule has 0 spiro atoms. The Morgan fingerprint density at radius 2 is 2.27 bits per heavy atom. The Balaban J connectivity index is 2.50. The molecule has 0 aliphatic carbocycles. The van der Waals surface area contributed by atoms with Crippen molar-refractivity contribution in [3.05, 3.63) is 34.6 Å². The monoisotopic (exact) mass is 231 g/mol. The van der Waals surface area contributed by atoms with Crippen LogP contribution in [0, 0.1) is 5.82 Å². The maximum Gasteiger partial charge on any atom is 0.328 e. The first-order valence-corrected chi connectivity index (χ1v) is 4.69. The number of halogens is 2. The number of hydrazine groups is 1. The van der Waals surface area contributed by atoms with E-state index in [-0.39, 0.29) is 5.82 Å². The zero-order valence-corrected chi connectivity index (χ0v) is 8.64. The van der Waals surface area contributed by atoms with E-state index >= 15 is 0 Å². The first-order valence-electron chi connectivity index (χ1n) is 4.32. The average molecular weight is 232 g/mol. The van der Waals surface area contributed by atoms with Crippen molar-refractivity contribution in [2.24, 2.45) is 5.84 Å². The van der Waals surface area contributed by atoms with Crippen LogP contribution in [-0.4, -0.2) is 12.6 Å². The summed E-state index contributed by atoms with van der Waals surface area (Å²) in [5.74, 6) is 4.51. The third-order valence-electron chi connectivity index (χ3n) is 1.82. The highest BCUT2D eigenvalue weighted by atomic mass is 35.5. The summed E-state index contributed by atoms with van der Waals surface area (Å²) in [4.78, 5) is 10.7. The standard InChI is InChI=1S/C9H11ClFN3O/c10-7-1-2-8(11)6(5-7)3-4-13-9(15)14-12/h1-2,5H,3-4,12H2,(H2,13,14,15). The van der Waals surface area contributed by atoms with E-state index in [1.807, 2.05) is 5.43 Å². The van der Waals surface area contributed by atoms with Crippen LogP contribution in [-0.2, 0) is 6.42 Å². The van der Waals surface area contributed by atoms with Crippen molar-refractivity contribution in [1.29, 1.82) is 0 Å². The van der Waals surface area contributed by atoms with Gasteiger partial charge in [-0.25, -0.2) is 15.0 Å². The van der Waals surface area contributed by atoms with Gasteiger partial charge in [0.25, 0.3) is 0 Å². The van der Waals surface area contributed by atoms with Gasteiger partial charge in [0.1, 0.15) is 5.82 Å². The van der Waals surface area contributed by atoms with Crippen LogP contribution < -0.4 is 16.6 Å². The molecule has 0 unspecified atom stereocenters. The average Bonchev–Trinajstić information content (AvgIpc) is 2.23. The fourth-order valence-corrected chi connectivity index (χ4v) is 1.29. The predicted octanol–water partition coefficient (Wildman–Crippen LogP) is 1.19. The molecule has 0 aliphatic heterocycles. The summed E-state index contributed by atoms with van der Waals surface area (Å²) in [6.07, 6.45) is 0.361. The SMILES string of the molecule is NNC(=O)NCCc1cc(Cl)ccc1F. The van der Waals surface area contributed by atoms with E-state index in [2.05, 4.69) is 5.32 Å². The fraction of sp³-hybridized carbons (Fsp3) is 0.222. The lowest BCUT2D eigenvalue weighted by Gasteiger charge is -2.05. The maximum atomic E-state index is 13.2. The number of nitrogens with two attached hydrogens (primary N) is 1. The van der Waals surface area contributed by atoms with E-state index in [1.54, 1.807) is 0 Å². The number of benzene rings is 1. The van der Waals surface area contributed by atoms with Crippen molar-refractivity contribution >= 4 is 17.6 Å². The quantitative estimate of drug-likeness (QED) is 0.416. The molecule has 0 saturated heterocycles. The Morgan fingerprint density at radius 1 is 1.53 bits per heavy atom. The molecule has 15 heavy (non-hydrogen) atoms. The molecule has 0 atom stereocenters. The fourth-order valence-electron chi connectivity index (χ4n) is 1.10. The molecule has 1 aromatic carbocycles. The molecular weight excluding hydrogens is 221 g/mol. The minimum Gasteiger partial charge on any atom is -0.337 e. The molecule has 0 saturated carbocycles. The van der Waals surface area contributed by atoms with Crippen molar-refractivity contribution in [3.8, 4) is 0 Å².